The van der Waals surface area contributed by atoms with Crippen LogP contribution in [-0.2, 0) is 21.7 Å². The van der Waals surface area contributed by atoms with E-state index in [2.05, 4.69) is 39.8 Å². The molecule has 0 N–H and O–H groups in total. The number of rotatable bonds is 5. The Kier molecular flexibility index (Phi) is 12.2. The van der Waals surface area contributed by atoms with E-state index in [-0.39, 0.29) is 46.5 Å². The molecule has 0 amide bonds. The standard InChI is InChI=1S/C18H24.2ClH.Ti/c1-5-15-9-7-13(3)17(15)11-12-18-14(4)8-10-16(18)6-2;;;/h5-6,9-12H2,1-4H3;2*1H;/q-2;;;+4/p-2. The van der Waals surface area contributed by atoms with Crippen molar-refractivity contribution in [2.24, 2.45) is 0 Å². The maximum Gasteiger partial charge on any atom is 4.00 e. The van der Waals surface area contributed by atoms with Crippen molar-refractivity contribution in [2.75, 3.05) is 0 Å². The summed E-state index contributed by atoms with van der Waals surface area (Å²) in [6.45, 7) is 8.97. The predicted molar refractivity (Wildman–Crippen MR) is 78.0 cm³/mol. The van der Waals surface area contributed by atoms with Crippen LogP contribution in [0.2, 0.25) is 0 Å². The average molecular weight is 359 g/mol. The van der Waals surface area contributed by atoms with Gasteiger partial charge in [0.25, 0.3) is 0 Å². The maximum absolute atomic E-state index is 3.49. The zero-order valence-corrected chi connectivity index (χ0v) is 16.6. The largest absolute Gasteiger partial charge is 4.00 e. The molecule has 21 heavy (non-hydrogen) atoms. The molecule has 0 radical (unpaired) electrons. The molecule has 2 aliphatic carbocycles. The second kappa shape index (κ2) is 10.9. The summed E-state index contributed by atoms with van der Waals surface area (Å²) in [7, 11) is 0. The van der Waals surface area contributed by atoms with Crippen molar-refractivity contribution < 1.29 is 46.5 Å². The first-order valence-electron chi connectivity index (χ1n) is 7.24. The van der Waals surface area contributed by atoms with Gasteiger partial charge in [-0.3, -0.25) is 12.2 Å². The molecule has 114 valence electrons. The van der Waals surface area contributed by atoms with Crippen molar-refractivity contribution in [3.63, 3.8) is 0 Å². The monoisotopic (exact) mass is 358 g/mol. The summed E-state index contributed by atoms with van der Waals surface area (Å²) >= 11 is 0. The van der Waals surface area contributed by atoms with Crippen molar-refractivity contribution in [1.82, 2.24) is 0 Å². The zero-order chi connectivity index (χ0) is 13.1. The minimum atomic E-state index is 0. The van der Waals surface area contributed by atoms with E-state index < -0.39 is 0 Å². The topological polar surface area (TPSA) is 0 Å². The first-order chi connectivity index (χ1) is 8.67. The molecule has 0 bridgehead atoms. The summed E-state index contributed by atoms with van der Waals surface area (Å²) in [5.74, 6) is 0. The van der Waals surface area contributed by atoms with Gasteiger partial charge in [0, 0.05) is 0 Å². The van der Waals surface area contributed by atoms with Crippen LogP contribution in [0.4, 0.5) is 0 Å². The molecule has 0 aromatic rings. The van der Waals surface area contributed by atoms with Crippen LogP contribution in [0.25, 0.3) is 0 Å². The second-order valence-corrected chi connectivity index (χ2v) is 5.33. The van der Waals surface area contributed by atoms with Gasteiger partial charge in [-0.05, 0) is 0 Å². The molecular weight excluding hydrogens is 335 g/mol. The summed E-state index contributed by atoms with van der Waals surface area (Å²) in [4.78, 5) is 0. The van der Waals surface area contributed by atoms with E-state index in [0.717, 1.165) is 12.8 Å². The molecule has 0 aromatic carbocycles. The van der Waals surface area contributed by atoms with E-state index in [0.29, 0.717) is 0 Å². The number of hydrogen-bond donors (Lipinski definition) is 0. The Hall–Kier alpha value is 0.254. The number of halogens is 2. The fraction of sp³-hybridized carbons (Fsp3) is 0.556. The Balaban J connectivity index is 0. The molecule has 0 spiro atoms. The molecule has 0 saturated heterocycles. The van der Waals surface area contributed by atoms with Crippen molar-refractivity contribution >= 4 is 0 Å². The van der Waals surface area contributed by atoms with Crippen molar-refractivity contribution in [2.45, 2.75) is 66.2 Å². The fourth-order valence-electron chi connectivity index (χ4n) is 3.09. The minimum absolute atomic E-state index is 0. The third kappa shape index (κ3) is 5.43. The minimum Gasteiger partial charge on any atom is -1.00 e. The molecule has 0 unspecified atom stereocenters. The van der Waals surface area contributed by atoms with E-state index in [1.807, 2.05) is 0 Å². The van der Waals surface area contributed by atoms with Crippen LogP contribution >= 0.6 is 0 Å². The van der Waals surface area contributed by atoms with Crippen LogP contribution in [-0.4, -0.2) is 0 Å². The van der Waals surface area contributed by atoms with Gasteiger partial charge in [0.2, 0.25) is 0 Å². The molecule has 0 aliphatic heterocycles. The van der Waals surface area contributed by atoms with Gasteiger partial charge in [-0.2, -0.15) is 22.3 Å². The van der Waals surface area contributed by atoms with Gasteiger partial charge in [-0.25, -0.2) is 11.1 Å². The van der Waals surface area contributed by atoms with Gasteiger partial charge in [-0.1, -0.05) is 40.5 Å². The average Bonchev–Trinajstić information content (AvgIpc) is 2.90. The van der Waals surface area contributed by atoms with Crippen molar-refractivity contribution in [1.29, 1.82) is 0 Å². The maximum atomic E-state index is 3.49. The van der Waals surface area contributed by atoms with Crippen LogP contribution in [0.3, 0.4) is 0 Å². The third-order valence-electron chi connectivity index (χ3n) is 4.37. The van der Waals surface area contributed by atoms with Gasteiger partial charge in [0.15, 0.2) is 0 Å². The van der Waals surface area contributed by atoms with Crippen LogP contribution in [0.5, 0.6) is 0 Å². The van der Waals surface area contributed by atoms with Crippen molar-refractivity contribution in [3.8, 4) is 0 Å². The Morgan fingerprint density at radius 3 is 1.38 bits per heavy atom. The first-order valence-corrected chi connectivity index (χ1v) is 7.24. The van der Waals surface area contributed by atoms with E-state index >= 15 is 0 Å². The second-order valence-electron chi connectivity index (χ2n) is 5.33. The molecule has 0 fully saturated rings. The Morgan fingerprint density at radius 2 is 1.10 bits per heavy atom. The van der Waals surface area contributed by atoms with Crippen LogP contribution in [0.15, 0.2) is 33.4 Å². The summed E-state index contributed by atoms with van der Waals surface area (Å²) in [6.07, 6.45) is 13.9. The molecule has 0 saturated carbocycles. The van der Waals surface area contributed by atoms with E-state index in [1.165, 1.54) is 36.8 Å². The van der Waals surface area contributed by atoms with E-state index in [4.69, 9.17) is 0 Å². The van der Waals surface area contributed by atoms with E-state index in [1.54, 1.807) is 22.3 Å². The molecule has 0 heterocycles. The number of allylic oxidation sites excluding steroid dienone is 8. The van der Waals surface area contributed by atoms with E-state index in [9.17, 15) is 0 Å². The molecule has 0 aromatic heterocycles. The van der Waals surface area contributed by atoms with Crippen molar-refractivity contribution in [3.05, 3.63) is 45.6 Å². The molecular formula is C18H24Cl2Ti. The van der Waals surface area contributed by atoms with Crippen LogP contribution in [0.1, 0.15) is 66.2 Å². The number of hydrogen-bond acceptors (Lipinski definition) is 0. The Morgan fingerprint density at radius 1 is 0.762 bits per heavy atom. The predicted octanol–water partition coefficient (Wildman–Crippen LogP) is -0.508. The van der Waals surface area contributed by atoms with Crippen LogP contribution < -0.4 is 24.8 Å². The summed E-state index contributed by atoms with van der Waals surface area (Å²) in [5.41, 5.74) is 9.17. The van der Waals surface area contributed by atoms with Gasteiger partial charge in [-0.15, -0.1) is 25.7 Å². The van der Waals surface area contributed by atoms with Crippen LogP contribution in [0, 0.1) is 12.2 Å². The molecule has 0 nitrogen and oxygen atoms in total. The quantitative estimate of drug-likeness (QED) is 0.459. The molecule has 2 aliphatic rings. The summed E-state index contributed by atoms with van der Waals surface area (Å²) in [6, 6.07) is 0. The van der Waals surface area contributed by atoms with Gasteiger partial charge < -0.3 is 24.8 Å². The van der Waals surface area contributed by atoms with Gasteiger partial charge in [0.05, 0.1) is 0 Å². The summed E-state index contributed by atoms with van der Waals surface area (Å²) < 4.78 is 0. The normalized spacial score (nSPS) is 17.0. The SMILES string of the molecule is CCC1=C(CCC2=C(CC)C[C-]=C2C)C(C)=[C-]C1.[Cl-].[Cl-].[Ti+4]. The first kappa shape index (κ1) is 23.5. The van der Waals surface area contributed by atoms with Gasteiger partial charge in [0.1, 0.15) is 0 Å². The molecule has 3 heteroatoms. The summed E-state index contributed by atoms with van der Waals surface area (Å²) in [5, 5.41) is 0. The Bertz CT molecular complexity index is 424. The molecule has 0 atom stereocenters. The smallest absolute Gasteiger partial charge is 1.00 e. The molecule has 2 rings (SSSR count). The Labute approximate surface area is 157 Å². The zero-order valence-electron chi connectivity index (χ0n) is 13.5. The fourth-order valence-corrected chi connectivity index (χ4v) is 3.09. The van der Waals surface area contributed by atoms with Gasteiger partial charge >= 0.3 is 21.7 Å². The third-order valence-corrected chi connectivity index (χ3v) is 4.37.